The number of nitrogens with two attached hydrogens (primary N) is 1. The lowest BCUT2D eigenvalue weighted by molar-refractivity contribution is -0.124. The van der Waals surface area contributed by atoms with Crippen LogP contribution in [0.3, 0.4) is 0 Å². The molecule has 6 nitrogen and oxygen atoms in total. The summed E-state index contributed by atoms with van der Waals surface area (Å²) < 4.78 is 6.65. The van der Waals surface area contributed by atoms with Crippen molar-refractivity contribution in [2.75, 3.05) is 12.3 Å². The molecule has 0 fully saturated rings. The molecule has 0 saturated heterocycles. The molecule has 0 bridgehead atoms. The predicted octanol–water partition coefficient (Wildman–Crippen LogP) is 1.16. The molecule has 0 aliphatic heterocycles. The molecule has 6 heteroatoms. The van der Waals surface area contributed by atoms with Gasteiger partial charge in [-0.15, -0.1) is 0 Å². The van der Waals surface area contributed by atoms with E-state index in [0.717, 1.165) is 6.42 Å². The Bertz CT molecular complexity index is 454. The standard InChI is InChI=1S/C13H21N3O3/c1-4-9(3)15-12(17)8-19-13(18)11-6-10(14)7-16(11)5-2/h6-7,9H,4-5,8,14H2,1-3H3,(H,15,17). The molecule has 1 rings (SSSR count). The summed E-state index contributed by atoms with van der Waals surface area (Å²) in [5.41, 5.74) is 6.48. The van der Waals surface area contributed by atoms with Crippen molar-refractivity contribution >= 4 is 17.6 Å². The van der Waals surface area contributed by atoms with Crippen molar-refractivity contribution in [1.29, 1.82) is 0 Å². The molecule has 1 unspecified atom stereocenters. The minimum Gasteiger partial charge on any atom is -0.451 e. The normalized spacial score (nSPS) is 11.9. The Balaban J connectivity index is 2.53. The highest BCUT2D eigenvalue weighted by atomic mass is 16.5. The largest absolute Gasteiger partial charge is 0.451 e. The van der Waals surface area contributed by atoms with Crippen LogP contribution in [0, 0.1) is 0 Å². The highest BCUT2D eigenvalue weighted by Gasteiger charge is 2.15. The van der Waals surface area contributed by atoms with Gasteiger partial charge in [0.2, 0.25) is 0 Å². The fraction of sp³-hybridized carbons (Fsp3) is 0.538. The molecule has 106 valence electrons. The summed E-state index contributed by atoms with van der Waals surface area (Å²) in [5.74, 6) is -0.844. The van der Waals surface area contributed by atoms with Gasteiger partial charge in [-0.2, -0.15) is 0 Å². The topological polar surface area (TPSA) is 86.3 Å². The number of hydrogen-bond donors (Lipinski definition) is 2. The Labute approximate surface area is 112 Å². The molecule has 1 amide bonds. The maximum atomic E-state index is 11.8. The number of nitrogens with zero attached hydrogens (tertiary/aromatic N) is 1. The molecule has 0 aromatic carbocycles. The number of amides is 1. The zero-order chi connectivity index (χ0) is 14.4. The average molecular weight is 267 g/mol. The number of ether oxygens (including phenoxy) is 1. The lowest BCUT2D eigenvalue weighted by Gasteiger charge is -2.11. The summed E-state index contributed by atoms with van der Waals surface area (Å²) in [6, 6.07) is 1.61. The van der Waals surface area contributed by atoms with E-state index >= 15 is 0 Å². The molecule has 0 radical (unpaired) electrons. The van der Waals surface area contributed by atoms with Gasteiger partial charge in [0.25, 0.3) is 5.91 Å². The van der Waals surface area contributed by atoms with Gasteiger partial charge in [0.1, 0.15) is 5.69 Å². The van der Waals surface area contributed by atoms with Crippen LogP contribution in [0.25, 0.3) is 0 Å². The van der Waals surface area contributed by atoms with Crippen molar-refractivity contribution in [2.24, 2.45) is 0 Å². The predicted molar refractivity (Wildman–Crippen MR) is 72.7 cm³/mol. The Morgan fingerprint density at radius 1 is 1.47 bits per heavy atom. The monoisotopic (exact) mass is 267 g/mol. The fourth-order valence-corrected chi connectivity index (χ4v) is 1.59. The lowest BCUT2D eigenvalue weighted by atomic mass is 10.2. The van der Waals surface area contributed by atoms with E-state index < -0.39 is 5.97 Å². The number of carbonyl (C=O) groups is 2. The second-order valence-electron chi connectivity index (χ2n) is 4.40. The summed E-state index contributed by atoms with van der Waals surface area (Å²) in [7, 11) is 0. The summed E-state index contributed by atoms with van der Waals surface area (Å²) >= 11 is 0. The number of anilines is 1. The van der Waals surface area contributed by atoms with E-state index in [-0.39, 0.29) is 18.6 Å². The molecule has 0 saturated carbocycles. The maximum Gasteiger partial charge on any atom is 0.355 e. The average Bonchev–Trinajstić information content (AvgIpc) is 2.77. The number of nitrogen functional groups attached to an aromatic ring is 1. The minimum atomic E-state index is -0.544. The molecule has 1 aromatic rings. The van der Waals surface area contributed by atoms with E-state index in [4.69, 9.17) is 10.5 Å². The molecule has 0 spiro atoms. The number of aromatic nitrogens is 1. The quantitative estimate of drug-likeness (QED) is 0.757. The van der Waals surface area contributed by atoms with Gasteiger partial charge in [-0.05, 0) is 26.3 Å². The summed E-state index contributed by atoms with van der Waals surface area (Å²) in [6.07, 6.45) is 2.49. The van der Waals surface area contributed by atoms with E-state index in [0.29, 0.717) is 17.9 Å². The molecule has 19 heavy (non-hydrogen) atoms. The van der Waals surface area contributed by atoms with Gasteiger partial charge in [-0.25, -0.2) is 4.79 Å². The number of aryl methyl sites for hydroxylation is 1. The van der Waals surface area contributed by atoms with Crippen molar-refractivity contribution in [3.63, 3.8) is 0 Å². The van der Waals surface area contributed by atoms with Gasteiger partial charge < -0.3 is 20.4 Å². The highest BCUT2D eigenvalue weighted by Crippen LogP contribution is 2.11. The van der Waals surface area contributed by atoms with Gasteiger partial charge in [-0.1, -0.05) is 6.92 Å². The van der Waals surface area contributed by atoms with Gasteiger partial charge in [0.05, 0.1) is 5.69 Å². The van der Waals surface area contributed by atoms with E-state index in [1.54, 1.807) is 16.8 Å². The van der Waals surface area contributed by atoms with E-state index in [1.165, 1.54) is 0 Å². The van der Waals surface area contributed by atoms with E-state index in [9.17, 15) is 9.59 Å². The number of nitrogens with one attached hydrogen (secondary N) is 1. The van der Waals surface area contributed by atoms with Crippen molar-refractivity contribution in [3.8, 4) is 0 Å². The second kappa shape index (κ2) is 6.82. The number of hydrogen-bond acceptors (Lipinski definition) is 4. The third-order valence-corrected chi connectivity index (χ3v) is 2.82. The number of carbonyl (C=O) groups excluding carboxylic acids is 2. The molecule has 1 atom stereocenters. The molecule has 3 N–H and O–H groups in total. The van der Waals surface area contributed by atoms with Crippen LogP contribution in [0.4, 0.5) is 5.69 Å². The van der Waals surface area contributed by atoms with Crippen LogP contribution in [0.1, 0.15) is 37.7 Å². The number of esters is 1. The molecular formula is C13H21N3O3. The van der Waals surface area contributed by atoms with Crippen LogP contribution in [0.15, 0.2) is 12.3 Å². The first-order valence-corrected chi connectivity index (χ1v) is 6.40. The fourth-order valence-electron chi connectivity index (χ4n) is 1.59. The van der Waals surface area contributed by atoms with E-state index in [1.807, 2.05) is 20.8 Å². The number of rotatable bonds is 6. The van der Waals surface area contributed by atoms with Gasteiger partial charge in [0.15, 0.2) is 6.61 Å². The summed E-state index contributed by atoms with van der Waals surface area (Å²) in [4.78, 5) is 23.3. The Hall–Kier alpha value is -1.98. The van der Waals surface area contributed by atoms with Crippen LogP contribution in [-0.2, 0) is 16.1 Å². The Morgan fingerprint density at radius 3 is 2.74 bits per heavy atom. The summed E-state index contributed by atoms with van der Waals surface area (Å²) in [5, 5.41) is 2.72. The van der Waals surface area contributed by atoms with Crippen molar-refractivity contribution < 1.29 is 14.3 Å². The first-order chi connectivity index (χ1) is 8.97. The zero-order valence-corrected chi connectivity index (χ0v) is 11.6. The van der Waals surface area contributed by atoms with E-state index in [2.05, 4.69) is 5.32 Å². The SMILES string of the molecule is CCC(C)NC(=O)COC(=O)c1cc(N)cn1CC. The van der Waals surface area contributed by atoms with Gasteiger partial charge >= 0.3 is 5.97 Å². The first kappa shape index (κ1) is 15.1. The molecule has 0 aliphatic carbocycles. The maximum absolute atomic E-state index is 11.8. The van der Waals surface area contributed by atoms with Crippen LogP contribution in [-0.4, -0.2) is 29.1 Å². The smallest absolute Gasteiger partial charge is 0.355 e. The van der Waals surface area contributed by atoms with Crippen LogP contribution in [0.5, 0.6) is 0 Å². The Morgan fingerprint density at radius 2 is 2.16 bits per heavy atom. The third kappa shape index (κ3) is 4.31. The van der Waals surface area contributed by atoms with Gasteiger partial charge in [0, 0.05) is 18.8 Å². The van der Waals surface area contributed by atoms with Crippen molar-refractivity contribution in [3.05, 3.63) is 18.0 Å². The Kier molecular flexibility index (Phi) is 5.41. The van der Waals surface area contributed by atoms with Crippen LogP contribution in [0.2, 0.25) is 0 Å². The third-order valence-electron chi connectivity index (χ3n) is 2.82. The molecule has 1 aromatic heterocycles. The highest BCUT2D eigenvalue weighted by molar-refractivity contribution is 5.91. The van der Waals surface area contributed by atoms with Crippen LogP contribution < -0.4 is 11.1 Å². The van der Waals surface area contributed by atoms with Crippen LogP contribution >= 0.6 is 0 Å². The van der Waals surface area contributed by atoms with Crippen molar-refractivity contribution in [2.45, 2.75) is 39.8 Å². The van der Waals surface area contributed by atoms with Crippen molar-refractivity contribution in [1.82, 2.24) is 9.88 Å². The second-order valence-corrected chi connectivity index (χ2v) is 4.40. The van der Waals surface area contributed by atoms with Gasteiger partial charge in [-0.3, -0.25) is 4.79 Å². The lowest BCUT2D eigenvalue weighted by Crippen LogP contribution is -2.35. The minimum absolute atomic E-state index is 0.0707. The molecule has 1 heterocycles. The zero-order valence-electron chi connectivity index (χ0n) is 11.6. The molecular weight excluding hydrogens is 246 g/mol. The first-order valence-electron chi connectivity index (χ1n) is 6.40. The summed E-state index contributed by atoms with van der Waals surface area (Å²) in [6.45, 7) is 6.08. The molecule has 0 aliphatic rings.